The first kappa shape index (κ1) is 26.9. The lowest BCUT2D eigenvalue weighted by Crippen LogP contribution is -2.51. The van der Waals surface area contributed by atoms with E-state index in [4.69, 9.17) is 4.74 Å². The van der Waals surface area contributed by atoms with Gasteiger partial charge in [-0.15, -0.1) is 0 Å². The summed E-state index contributed by atoms with van der Waals surface area (Å²) in [5, 5.41) is 13.6. The van der Waals surface area contributed by atoms with Gasteiger partial charge in [0.25, 0.3) is 0 Å². The zero-order valence-corrected chi connectivity index (χ0v) is 23.5. The zero-order chi connectivity index (χ0) is 29.5. The monoisotopic (exact) mass is 593 g/mol. The third kappa shape index (κ3) is 4.22. The van der Waals surface area contributed by atoms with E-state index in [1.54, 1.807) is 0 Å². The number of anilines is 1. The Morgan fingerprint density at radius 1 is 0.930 bits per heavy atom. The lowest BCUT2D eigenvalue weighted by atomic mass is 9.95. The summed E-state index contributed by atoms with van der Waals surface area (Å²) in [4.78, 5) is 13.2. The molecular formula is C32H31F4N5O2. The van der Waals surface area contributed by atoms with Gasteiger partial charge in [0.05, 0.1) is 16.5 Å². The minimum Gasteiger partial charge on any atom is -0.508 e. The Kier molecular flexibility index (Phi) is 6.20. The number of benzene rings is 3. The van der Waals surface area contributed by atoms with Crippen molar-refractivity contribution in [3.8, 4) is 22.9 Å². The van der Waals surface area contributed by atoms with Crippen LogP contribution in [0, 0.1) is 23.3 Å². The summed E-state index contributed by atoms with van der Waals surface area (Å²) in [5.41, 5.74) is -1.69. The first-order valence-corrected chi connectivity index (χ1v) is 15.0. The van der Waals surface area contributed by atoms with Crippen molar-refractivity contribution in [2.75, 3.05) is 37.7 Å². The number of phenolic OH excluding ortho intramolecular Hbond substituents is 1. The molecule has 43 heavy (non-hydrogen) atoms. The molecule has 4 aliphatic heterocycles. The molecule has 4 aliphatic rings. The van der Waals surface area contributed by atoms with E-state index in [0.717, 1.165) is 63.7 Å². The lowest BCUT2D eigenvalue weighted by molar-refractivity contribution is 0.108. The van der Waals surface area contributed by atoms with E-state index in [2.05, 4.69) is 20.2 Å². The quantitative estimate of drug-likeness (QED) is 0.229. The van der Waals surface area contributed by atoms with Crippen molar-refractivity contribution in [1.82, 2.24) is 20.2 Å². The molecule has 4 fully saturated rings. The highest BCUT2D eigenvalue weighted by molar-refractivity contribution is 6.02. The fraction of sp³-hybridized carbons (Fsp3) is 0.438. The van der Waals surface area contributed by atoms with E-state index in [0.29, 0.717) is 19.7 Å². The molecule has 1 aromatic heterocycles. The van der Waals surface area contributed by atoms with Gasteiger partial charge in [-0.25, -0.2) is 17.6 Å². The maximum Gasteiger partial charge on any atom is 0.319 e. The Bertz CT molecular complexity index is 1760. The fourth-order valence-corrected chi connectivity index (χ4v) is 7.95. The molecule has 7 nitrogen and oxygen atoms in total. The van der Waals surface area contributed by atoms with Crippen molar-refractivity contribution in [2.24, 2.45) is 0 Å². The molecule has 2 bridgehead atoms. The number of nitrogens with one attached hydrogen (secondary N) is 1. The van der Waals surface area contributed by atoms with Crippen molar-refractivity contribution in [2.45, 2.75) is 56.1 Å². The predicted octanol–water partition coefficient (Wildman–Crippen LogP) is 5.66. The maximum absolute atomic E-state index is 16.6. The number of aromatic hydroxyl groups is 1. The highest BCUT2D eigenvalue weighted by Crippen LogP contribution is 2.43. The van der Waals surface area contributed by atoms with Gasteiger partial charge >= 0.3 is 6.01 Å². The number of rotatable bonds is 5. The third-order valence-electron chi connectivity index (χ3n) is 9.91. The van der Waals surface area contributed by atoms with Crippen molar-refractivity contribution in [1.29, 1.82) is 0 Å². The van der Waals surface area contributed by atoms with Gasteiger partial charge < -0.3 is 20.1 Å². The second-order valence-corrected chi connectivity index (χ2v) is 12.5. The van der Waals surface area contributed by atoms with Gasteiger partial charge in [-0.1, -0.05) is 12.1 Å². The molecule has 2 N–H and O–H groups in total. The largest absolute Gasteiger partial charge is 0.508 e. The molecule has 0 spiro atoms. The van der Waals surface area contributed by atoms with Crippen LogP contribution in [0.3, 0.4) is 0 Å². The number of piperazine rings is 1. The third-order valence-corrected chi connectivity index (χ3v) is 9.91. The normalized spacial score (nSPS) is 23.0. The summed E-state index contributed by atoms with van der Waals surface area (Å²) < 4.78 is 70.2. The smallest absolute Gasteiger partial charge is 0.319 e. The van der Waals surface area contributed by atoms with Crippen LogP contribution in [0.2, 0.25) is 0 Å². The van der Waals surface area contributed by atoms with Gasteiger partial charge in [-0.3, -0.25) is 4.90 Å². The Balaban J connectivity index is 1.32. The van der Waals surface area contributed by atoms with Crippen LogP contribution in [0.4, 0.5) is 23.4 Å². The number of halogens is 4. The Morgan fingerprint density at radius 3 is 2.42 bits per heavy atom. The van der Waals surface area contributed by atoms with Crippen LogP contribution >= 0.6 is 0 Å². The molecule has 5 heterocycles. The highest BCUT2D eigenvalue weighted by Gasteiger charge is 2.45. The van der Waals surface area contributed by atoms with Crippen LogP contribution in [0.1, 0.15) is 38.5 Å². The second kappa shape index (κ2) is 9.92. The summed E-state index contributed by atoms with van der Waals surface area (Å²) in [6, 6.07) is 6.60. The minimum absolute atomic E-state index is 0.0828. The van der Waals surface area contributed by atoms with Crippen molar-refractivity contribution in [3.63, 3.8) is 0 Å². The number of ether oxygens (including phenoxy) is 1. The highest BCUT2D eigenvalue weighted by atomic mass is 19.2. The van der Waals surface area contributed by atoms with Crippen LogP contribution in [0.5, 0.6) is 11.8 Å². The summed E-state index contributed by atoms with van der Waals surface area (Å²) >= 11 is 0. The van der Waals surface area contributed by atoms with Gasteiger partial charge in [-0.05, 0) is 75.2 Å². The molecule has 0 aliphatic carbocycles. The van der Waals surface area contributed by atoms with Gasteiger partial charge in [-0.2, -0.15) is 9.97 Å². The number of hydrogen-bond acceptors (Lipinski definition) is 7. The van der Waals surface area contributed by atoms with E-state index < -0.39 is 34.3 Å². The first-order valence-electron chi connectivity index (χ1n) is 15.0. The zero-order valence-electron chi connectivity index (χ0n) is 23.5. The van der Waals surface area contributed by atoms with Crippen LogP contribution in [-0.2, 0) is 0 Å². The maximum atomic E-state index is 16.6. The summed E-state index contributed by atoms with van der Waals surface area (Å²) in [5.74, 6) is -5.01. The second-order valence-electron chi connectivity index (χ2n) is 12.5. The average molecular weight is 594 g/mol. The number of phenols is 1. The van der Waals surface area contributed by atoms with E-state index in [1.807, 2.05) is 4.90 Å². The Labute approximate surface area is 245 Å². The molecule has 0 amide bonds. The Hall–Kier alpha value is -3.70. The van der Waals surface area contributed by atoms with Crippen molar-refractivity contribution in [3.05, 3.63) is 53.6 Å². The summed E-state index contributed by atoms with van der Waals surface area (Å²) in [7, 11) is 0. The van der Waals surface area contributed by atoms with Gasteiger partial charge in [0.15, 0.2) is 17.5 Å². The van der Waals surface area contributed by atoms with Gasteiger partial charge in [0.1, 0.15) is 29.5 Å². The number of hydrogen-bond donors (Lipinski definition) is 2. The van der Waals surface area contributed by atoms with Gasteiger partial charge in [0.2, 0.25) is 0 Å². The molecule has 0 radical (unpaired) electrons. The molecule has 4 aromatic rings. The van der Waals surface area contributed by atoms with Crippen LogP contribution < -0.4 is 15.0 Å². The number of fused-ring (bicyclic) bond motifs is 5. The SMILES string of the molecule is Oc1cc(-c2c(F)c(F)c3c(N4CC5CCC(C4)N5)nc(OCC45CCCN4CCC5)nc3c2F)c2c(F)cccc2c1. The topological polar surface area (TPSA) is 73.8 Å². The molecule has 2 atom stereocenters. The molecule has 4 saturated heterocycles. The van der Waals surface area contributed by atoms with Crippen molar-refractivity contribution >= 4 is 27.5 Å². The van der Waals surface area contributed by atoms with E-state index in [-0.39, 0.29) is 56.9 Å². The lowest BCUT2D eigenvalue weighted by Gasteiger charge is -2.35. The number of nitrogens with zero attached hydrogens (tertiary/aromatic N) is 4. The minimum atomic E-state index is -1.50. The number of aromatic nitrogens is 2. The van der Waals surface area contributed by atoms with E-state index in [1.165, 1.54) is 18.2 Å². The molecule has 2 unspecified atom stereocenters. The van der Waals surface area contributed by atoms with Crippen LogP contribution in [0.25, 0.3) is 32.8 Å². The standard InChI is InChI=1S/C32H31F4N5O2/c33-22-5-1-4-17-12-20(42)13-21(23(17)22)24-26(34)27(35)25-29(28(24)36)38-31(43-16-32-8-2-10-41(32)11-3-9-32)39-30(25)40-14-18-6-7-19(15-40)37-18/h1,4-5,12-13,18-19,37,42H,2-3,6-11,14-16H2. The van der Waals surface area contributed by atoms with Crippen LogP contribution in [0.15, 0.2) is 30.3 Å². The summed E-state index contributed by atoms with van der Waals surface area (Å²) in [6.45, 7) is 3.28. The molecular weight excluding hydrogens is 562 g/mol. The molecule has 0 saturated carbocycles. The molecule has 224 valence electrons. The summed E-state index contributed by atoms with van der Waals surface area (Å²) in [6.07, 6.45) is 5.96. The average Bonchev–Trinajstić information content (AvgIpc) is 3.68. The molecule has 8 rings (SSSR count). The Morgan fingerprint density at radius 2 is 1.67 bits per heavy atom. The van der Waals surface area contributed by atoms with Gasteiger partial charge in [0, 0.05) is 36.1 Å². The molecule has 11 heteroatoms. The van der Waals surface area contributed by atoms with E-state index >= 15 is 17.6 Å². The molecule has 3 aromatic carbocycles. The van der Waals surface area contributed by atoms with Crippen LogP contribution in [-0.4, -0.2) is 70.4 Å². The van der Waals surface area contributed by atoms with Crippen molar-refractivity contribution < 1.29 is 27.4 Å². The van der Waals surface area contributed by atoms with E-state index in [9.17, 15) is 5.11 Å². The predicted molar refractivity (Wildman–Crippen MR) is 154 cm³/mol. The first-order chi connectivity index (χ1) is 20.8. The fourth-order valence-electron chi connectivity index (χ4n) is 7.95.